The lowest BCUT2D eigenvalue weighted by molar-refractivity contribution is -0.0488. The van der Waals surface area contributed by atoms with Crippen LogP contribution in [-0.2, 0) is 10.3 Å². The average Bonchev–Trinajstić information content (AvgIpc) is 3.58. The summed E-state index contributed by atoms with van der Waals surface area (Å²) in [7, 11) is 0. The van der Waals surface area contributed by atoms with Gasteiger partial charge in [0.1, 0.15) is 12.2 Å². The van der Waals surface area contributed by atoms with Gasteiger partial charge in [-0.25, -0.2) is 18.7 Å². The minimum absolute atomic E-state index is 0.0818. The molecule has 3 heterocycles. The number of aromatic nitrogens is 2. The molecule has 0 unspecified atom stereocenters. The third-order valence-electron chi connectivity index (χ3n) is 8.44. The van der Waals surface area contributed by atoms with E-state index in [1.54, 1.807) is 0 Å². The Morgan fingerprint density at radius 2 is 1.40 bits per heavy atom. The first-order valence-electron chi connectivity index (χ1n) is 13.9. The molecule has 4 aromatic rings. The molecule has 0 amide bonds. The normalized spacial score (nSPS) is 21.0. The lowest BCUT2D eigenvalue weighted by Crippen LogP contribution is -2.49. The third kappa shape index (κ3) is 4.88. The summed E-state index contributed by atoms with van der Waals surface area (Å²) in [4.78, 5) is 10.3. The van der Waals surface area contributed by atoms with Crippen LogP contribution in [-0.4, -0.2) is 46.2 Å². The number of halogens is 2. The van der Waals surface area contributed by atoms with Crippen molar-refractivity contribution in [1.29, 1.82) is 0 Å². The Morgan fingerprint density at radius 3 is 1.98 bits per heavy atom. The number of alkyl halides is 2. The molecule has 0 N–H and O–H groups in total. The van der Waals surface area contributed by atoms with Crippen LogP contribution < -0.4 is 4.74 Å². The molecule has 0 aliphatic carbocycles. The molecule has 2 atom stereocenters. The van der Waals surface area contributed by atoms with Crippen molar-refractivity contribution < 1.29 is 18.3 Å². The van der Waals surface area contributed by atoms with Crippen molar-refractivity contribution >= 4 is 0 Å². The standard InChI is InChI=1S/C33H33F2N3O2/c34-30(35)29-31(37-21-20-36-29)39-23-28-17-19-32(18-10-22-38(28)32)24-40-33(25-11-4-1-5-12-25,26-13-6-2-7-14-26)27-15-8-3-9-16-27/h1-9,11-16,20-21,28,30H,10,17-19,22-24H2/t28-,32-/m0/s1. The van der Waals surface area contributed by atoms with Crippen LogP contribution in [0.15, 0.2) is 103 Å². The first-order valence-corrected chi connectivity index (χ1v) is 13.9. The fourth-order valence-electron chi connectivity index (χ4n) is 6.57. The second-order valence-electron chi connectivity index (χ2n) is 10.6. The SMILES string of the molecule is FC(F)c1nccnc1OC[C@@H]1CC[C@]2(COC(c3ccccc3)(c3ccccc3)c3ccccc3)CCCN12. The number of benzene rings is 3. The lowest BCUT2D eigenvalue weighted by Gasteiger charge is -2.41. The quantitative estimate of drug-likeness (QED) is 0.207. The van der Waals surface area contributed by atoms with Gasteiger partial charge in [0, 0.05) is 24.0 Å². The van der Waals surface area contributed by atoms with Crippen LogP contribution in [0.5, 0.6) is 5.88 Å². The molecule has 2 aliphatic rings. The van der Waals surface area contributed by atoms with Crippen LogP contribution in [0.3, 0.4) is 0 Å². The first kappa shape index (κ1) is 26.5. The van der Waals surface area contributed by atoms with Crippen LogP contribution in [0.25, 0.3) is 0 Å². The lowest BCUT2D eigenvalue weighted by atomic mass is 9.79. The smallest absolute Gasteiger partial charge is 0.285 e. The summed E-state index contributed by atoms with van der Waals surface area (Å²) in [6.07, 6.45) is 3.87. The predicted molar refractivity (Wildman–Crippen MR) is 149 cm³/mol. The third-order valence-corrected chi connectivity index (χ3v) is 8.44. The zero-order valence-corrected chi connectivity index (χ0v) is 22.3. The van der Waals surface area contributed by atoms with Crippen LogP contribution in [0.2, 0.25) is 0 Å². The molecular formula is C33H33F2N3O2. The highest BCUT2D eigenvalue weighted by atomic mass is 19.3. The van der Waals surface area contributed by atoms with Crippen molar-refractivity contribution in [1.82, 2.24) is 14.9 Å². The Kier molecular flexibility index (Phi) is 7.59. The zero-order chi connectivity index (χ0) is 27.4. The molecule has 7 heteroatoms. The van der Waals surface area contributed by atoms with Crippen LogP contribution in [0, 0.1) is 0 Å². The molecule has 5 nitrogen and oxygen atoms in total. The maximum atomic E-state index is 13.4. The van der Waals surface area contributed by atoms with Gasteiger partial charge in [0.05, 0.1) is 6.61 Å². The summed E-state index contributed by atoms with van der Waals surface area (Å²) in [5, 5.41) is 0. The van der Waals surface area contributed by atoms with E-state index in [2.05, 4.69) is 87.7 Å². The number of rotatable bonds is 10. The van der Waals surface area contributed by atoms with Gasteiger partial charge < -0.3 is 9.47 Å². The van der Waals surface area contributed by atoms with E-state index in [0.717, 1.165) is 48.9 Å². The molecule has 6 rings (SSSR count). The largest absolute Gasteiger partial charge is 0.475 e. The van der Waals surface area contributed by atoms with Crippen molar-refractivity contribution in [3.8, 4) is 5.88 Å². The minimum Gasteiger partial charge on any atom is -0.475 e. The summed E-state index contributed by atoms with van der Waals surface area (Å²) in [6.45, 7) is 1.76. The van der Waals surface area contributed by atoms with Gasteiger partial charge in [-0.3, -0.25) is 4.90 Å². The van der Waals surface area contributed by atoms with Crippen LogP contribution in [0.4, 0.5) is 8.78 Å². The van der Waals surface area contributed by atoms with E-state index in [-0.39, 0.29) is 17.5 Å². The fourth-order valence-corrected chi connectivity index (χ4v) is 6.57. The molecule has 0 saturated carbocycles. The van der Waals surface area contributed by atoms with Gasteiger partial charge in [-0.1, -0.05) is 91.0 Å². The molecule has 2 saturated heterocycles. The molecule has 2 fully saturated rings. The highest BCUT2D eigenvalue weighted by Crippen LogP contribution is 2.47. The van der Waals surface area contributed by atoms with E-state index in [4.69, 9.17) is 9.47 Å². The monoisotopic (exact) mass is 541 g/mol. The Morgan fingerprint density at radius 1 is 0.825 bits per heavy atom. The van der Waals surface area contributed by atoms with Gasteiger partial charge in [-0.15, -0.1) is 0 Å². The van der Waals surface area contributed by atoms with Crippen molar-refractivity contribution in [3.05, 3.63) is 126 Å². The van der Waals surface area contributed by atoms with Gasteiger partial charge >= 0.3 is 0 Å². The summed E-state index contributed by atoms with van der Waals surface area (Å²) < 4.78 is 39.9. The highest BCUT2D eigenvalue weighted by molar-refractivity contribution is 5.47. The highest BCUT2D eigenvalue weighted by Gasteiger charge is 2.51. The topological polar surface area (TPSA) is 47.5 Å². The Balaban J connectivity index is 1.29. The summed E-state index contributed by atoms with van der Waals surface area (Å²) >= 11 is 0. The molecule has 1 aromatic heterocycles. The number of ether oxygens (including phenoxy) is 2. The van der Waals surface area contributed by atoms with E-state index >= 15 is 0 Å². The van der Waals surface area contributed by atoms with Gasteiger partial charge in [0.2, 0.25) is 5.88 Å². The van der Waals surface area contributed by atoms with Gasteiger partial charge in [0.25, 0.3) is 6.43 Å². The summed E-state index contributed by atoms with van der Waals surface area (Å²) in [5.74, 6) is -0.0818. The fraction of sp³-hybridized carbons (Fsp3) is 0.333. The van der Waals surface area contributed by atoms with Crippen LogP contribution >= 0.6 is 0 Å². The maximum absolute atomic E-state index is 13.4. The van der Waals surface area contributed by atoms with Crippen molar-refractivity contribution in [3.63, 3.8) is 0 Å². The first-order chi connectivity index (χ1) is 19.6. The molecule has 206 valence electrons. The molecule has 3 aromatic carbocycles. The van der Waals surface area contributed by atoms with E-state index in [1.165, 1.54) is 12.4 Å². The average molecular weight is 542 g/mol. The van der Waals surface area contributed by atoms with Crippen molar-refractivity contribution in [2.24, 2.45) is 0 Å². The molecule has 0 spiro atoms. The van der Waals surface area contributed by atoms with E-state index in [1.807, 2.05) is 18.2 Å². The van der Waals surface area contributed by atoms with E-state index < -0.39 is 17.7 Å². The molecular weight excluding hydrogens is 508 g/mol. The second kappa shape index (κ2) is 11.4. The van der Waals surface area contributed by atoms with Gasteiger partial charge in [-0.05, 0) is 48.9 Å². The predicted octanol–water partition coefficient (Wildman–Crippen LogP) is 6.80. The minimum atomic E-state index is -2.73. The summed E-state index contributed by atoms with van der Waals surface area (Å²) in [5.41, 5.74) is 1.89. The van der Waals surface area contributed by atoms with E-state index in [0.29, 0.717) is 13.2 Å². The molecule has 0 bridgehead atoms. The van der Waals surface area contributed by atoms with Crippen molar-refractivity contribution in [2.75, 3.05) is 19.8 Å². The van der Waals surface area contributed by atoms with Gasteiger partial charge in [0.15, 0.2) is 5.69 Å². The molecule has 0 radical (unpaired) electrons. The Labute approximate surface area is 233 Å². The number of nitrogens with zero attached hydrogens (tertiary/aromatic N) is 3. The molecule has 2 aliphatic heterocycles. The van der Waals surface area contributed by atoms with Crippen molar-refractivity contribution in [2.45, 2.75) is 49.3 Å². The number of hydrogen-bond donors (Lipinski definition) is 0. The number of fused-ring (bicyclic) bond motifs is 1. The Bertz CT molecular complexity index is 1290. The molecule has 40 heavy (non-hydrogen) atoms. The van der Waals surface area contributed by atoms with Crippen LogP contribution in [0.1, 0.15) is 54.5 Å². The summed E-state index contributed by atoms with van der Waals surface area (Å²) in [6, 6.07) is 31.3. The van der Waals surface area contributed by atoms with E-state index in [9.17, 15) is 8.78 Å². The maximum Gasteiger partial charge on any atom is 0.285 e. The zero-order valence-electron chi connectivity index (χ0n) is 22.3. The second-order valence-corrected chi connectivity index (χ2v) is 10.6. The van der Waals surface area contributed by atoms with Gasteiger partial charge in [-0.2, -0.15) is 0 Å². The Hall–Kier alpha value is -3.68. The number of hydrogen-bond acceptors (Lipinski definition) is 5.